The number of nitrogens with zero attached hydrogens (tertiary/aromatic N) is 3. The Kier molecular flexibility index (Phi) is 15.4. The van der Waals surface area contributed by atoms with Gasteiger partial charge < -0.3 is 40.0 Å². The van der Waals surface area contributed by atoms with Crippen LogP contribution in [0.5, 0.6) is 5.75 Å². The number of anilines is 1. The molecule has 0 spiro atoms. The minimum absolute atomic E-state index is 0.00642. The number of aliphatic hydroxyl groups excluding tert-OH is 2. The molecule has 7 N–H and O–H groups in total. The van der Waals surface area contributed by atoms with Gasteiger partial charge in [-0.2, -0.15) is 5.10 Å². The van der Waals surface area contributed by atoms with E-state index in [-0.39, 0.29) is 44.9 Å². The third-order valence-electron chi connectivity index (χ3n) is 10.8. The molecule has 0 saturated carbocycles. The largest absolute Gasteiger partial charge is 0.483 e. The molecule has 4 aromatic carbocycles. The summed E-state index contributed by atoms with van der Waals surface area (Å²) in [7, 11) is -3.84. The third-order valence-corrected chi connectivity index (χ3v) is 12.9. The molecule has 62 heavy (non-hydrogen) atoms. The molecule has 0 radical (unpaired) electrons. The Morgan fingerprint density at radius 1 is 0.758 bits per heavy atom. The first kappa shape index (κ1) is 45.7. The van der Waals surface area contributed by atoms with Crippen molar-refractivity contribution in [3.8, 4) is 5.75 Å². The lowest BCUT2D eigenvalue weighted by Crippen LogP contribution is -2.50. The van der Waals surface area contributed by atoms with Gasteiger partial charge in [-0.3, -0.25) is 19.3 Å². The van der Waals surface area contributed by atoms with Crippen LogP contribution in [-0.4, -0.2) is 104 Å². The predicted octanol–water partition coefficient (Wildman–Crippen LogP) is 5.14. The molecule has 16 nitrogen and oxygen atoms in total. The van der Waals surface area contributed by atoms with Crippen molar-refractivity contribution in [1.82, 2.24) is 30.2 Å². The highest BCUT2D eigenvalue weighted by Gasteiger charge is 2.46. The summed E-state index contributed by atoms with van der Waals surface area (Å²) in [5.41, 5.74) is 10.0. The van der Waals surface area contributed by atoms with E-state index in [0.717, 1.165) is 22.2 Å². The Morgan fingerprint density at radius 2 is 1.26 bits per heavy atom. The zero-order valence-electron chi connectivity index (χ0n) is 35.3. The van der Waals surface area contributed by atoms with Crippen molar-refractivity contribution in [3.63, 3.8) is 0 Å². The molecule has 6 rings (SSSR count). The first-order valence-corrected chi connectivity index (χ1v) is 22.6. The summed E-state index contributed by atoms with van der Waals surface area (Å²) in [6, 6.07) is 27.3. The molecule has 1 aromatic heterocycles. The van der Waals surface area contributed by atoms with Gasteiger partial charge in [-0.15, -0.1) is 0 Å². The van der Waals surface area contributed by atoms with Gasteiger partial charge in [0, 0.05) is 18.5 Å². The number of aromatic nitrogens is 2. The van der Waals surface area contributed by atoms with E-state index in [1.807, 2.05) is 78.9 Å². The molecule has 1 aliphatic heterocycles. The van der Waals surface area contributed by atoms with Crippen LogP contribution in [0.2, 0.25) is 0 Å². The lowest BCUT2D eigenvalue weighted by molar-refractivity contribution is -0.145. The molecule has 5 aromatic rings. The van der Waals surface area contributed by atoms with Gasteiger partial charge in [0.2, 0.25) is 7.44 Å². The molecule has 0 aliphatic carbocycles. The number of aliphatic hydroxyl groups is 2. The number of benzene rings is 4. The minimum atomic E-state index is -3.84. The molecule has 6 atom stereocenters. The number of rotatable bonds is 19. The Labute approximate surface area is 361 Å². The average Bonchev–Trinajstić information content (AvgIpc) is 3.62. The SMILES string of the molecule is CCOC(=O)[C@H](C)NP(=O)(COc1cccc(CN2C(=O)N(Cc3ccc4[nH]nc(N)c4c3)[C@H](Cc3ccccc3)[C@H](O)[C@@H](O)[C@H]2Cc2ccccc2)c1)N[C@@H](C)C(=O)OCC. The summed E-state index contributed by atoms with van der Waals surface area (Å²) in [4.78, 5) is 43.6. The fraction of sp³-hybridized carbons (Fsp3) is 0.378. The third kappa shape index (κ3) is 11.4. The topological polar surface area (TPSA) is 222 Å². The van der Waals surface area contributed by atoms with Gasteiger partial charge >= 0.3 is 18.0 Å². The molecule has 0 unspecified atom stereocenters. The molecular formula is C45H56N7O9P. The number of carbonyl (C=O) groups is 3. The van der Waals surface area contributed by atoms with E-state index in [1.165, 1.54) is 13.8 Å². The van der Waals surface area contributed by atoms with Crippen molar-refractivity contribution in [3.05, 3.63) is 125 Å². The number of amides is 2. The van der Waals surface area contributed by atoms with Crippen molar-refractivity contribution in [2.24, 2.45) is 0 Å². The summed E-state index contributed by atoms with van der Waals surface area (Å²) in [5.74, 6) is -0.667. The van der Waals surface area contributed by atoms with E-state index in [2.05, 4.69) is 20.4 Å². The van der Waals surface area contributed by atoms with E-state index in [1.54, 1.807) is 47.9 Å². The monoisotopic (exact) mass is 869 g/mol. The van der Waals surface area contributed by atoms with Crippen LogP contribution in [0.25, 0.3) is 10.9 Å². The number of esters is 2. The molecule has 17 heteroatoms. The number of hydrogen-bond donors (Lipinski definition) is 6. The second kappa shape index (κ2) is 20.9. The zero-order chi connectivity index (χ0) is 44.4. The van der Waals surface area contributed by atoms with Crippen LogP contribution < -0.4 is 20.6 Å². The summed E-state index contributed by atoms with van der Waals surface area (Å²) < 4.78 is 30.6. The molecule has 1 saturated heterocycles. The zero-order valence-corrected chi connectivity index (χ0v) is 36.2. The van der Waals surface area contributed by atoms with Crippen molar-refractivity contribution >= 4 is 42.1 Å². The fourth-order valence-electron chi connectivity index (χ4n) is 7.67. The van der Waals surface area contributed by atoms with Gasteiger partial charge in [0.15, 0.2) is 12.2 Å². The highest BCUT2D eigenvalue weighted by molar-refractivity contribution is 7.59. The molecule has 330 valence electrons. The lowest BCUT2D eigenvalue weighted by atomic mass is 9.91. The van der Waals surface area contributed by atoms with E-state index in [4.69, 9.17) is 19.9 Å². The number of hydrogen-bond acceptors (Lipinski definition) is 11. The number of aromatic amines is 1. The second-order valence-electron chi connectivity index (χ2n) is 15.4. The smallest absolute Gasteiger partial charge is 0.323 e. The fourth-order valence-corrected chi connectivity index (χ4v) is 9.68. The molecule has 1 fully saturated rings. The first-order chi connectivity index (χ1) is 29.8. The van der Waals surface area contributed by atoms with E-state index in [9.17, 15) is 24.4 Å². The summed E-state index contributed by atoms with van der Waals surface area (Å²) >= 11 is 0. The van der Waals surface area contributed by atoms with Gasteiger partial charge in [0.25, 0.3) is 0 Å². The molecule has 2 amide bonds. The normalized spacial score (nSPS) is 19.2. The van der Waals surface area contributed by atoms with Gasteiger partial charge in [0.05, 0.1) is 30.8 Å². The number of nitrogens with one attached hydrogen (secondary N) is 3. The molecule has 2 heterocycles. The van der Waals surface area contributed by atoms with Crippen molar-refractivity contribution in [2.75, 3.05) is 25.3 Å². The van der Waals surface area contributed by atoms with E-state index < -0.39 is 68.1 Å². The van der Waals surface area contributed by atoms with Crippen molar-refractivity contribution in [2.45, 2.75) is 90.0 Å². The Hall–Kier alpha value is -5.77. The highest BCUT2D eigenvalue weighted by atomic mass is 31.2. The summed E-state index contributed by atoms with van der Waals surface area (Å²) in [5, 5.41) is 37.7. The predicted molar refractivity (Wildman–Crippen MR) is 235 cm³/mol. The standard InChI is InChI=1S/C45H56N7O9P/c1-5-59-43(55)29(3)49-62(58,50-30(4)44(56)60-6-2)28-61-35-19-13-18-33(22-35)26-51-38(24-31-14-9-7-10-15-31)40(53)41(54)39(25-32-16-11-8-12-17-32)52(45(51)57)27-34-20-21-37-36(23-34)42(46)48-47-37/h7-23,29-30,38-41,53-54H,5-6,24-28H2,1-4H3,(H3,46,47,48)(H2,49,50,58)/t29-,30-,38+,39+,40-,41-/m0/s1. The van der Waals surface area contributed by atoms with Crippen LogP contribution in [0, 0.1) is 0 Å². The second-order valence-corrected chi connectivity index (χ2v) is 17.6. The lowest BCUT2D eigenvalue weighted by Gasteiger charge is -2.36. The summed E-state index contributed by atoms with van der Waals surface area (Å²) in [6.07, 6.45) is -2.69. The average molecular weight is 870 g/mol. The van der Waals surface area contributed by atoms with Crippen LogP contribution in [0.4, 0.5) is 10.6 Å². The van der Waals surface area contributed by atoms with Gasteiger partial charge in [0.1, 0.15) is 30.0 Å². The number of nitrogen functional groups attached to an aromatic ring is 1. The van der Waals surface area contributed by atoms with Crippen molar-refractivity contribution in [1.29, 1.82) is 0 Å². The van der Waals surface area contributed by atoms with Crippen molar-refractivity contribution < 1.29 is 43.4 Å². The number of H-pyrrole nitrogens is 1. The van der Waals surface area contributed by atoms with Gasteiger partial charge in [-0.1, -0.05) is 78.9 Å². The van der Waals surface area contributed by atoms with Crippen LogP contribution in [0.1, 0.15) is 49.9 Å². The molecule has 1 aliphatic rings. The maximum Gasteiger partial charge on any atom is 0.323 e. The van der Waals surface area contributed by atoms with Crippen LogP contribution in [0.15, 0.2) is 103 Å². The number of fused-ring (bicyclic) bond motifs is 1. The summed E-state index contributed by atoms with van der Waals surface area (Å²) in [6.45, 7) is 6.63. The van der Waals surface area contributed by atoms with Gasteiger partial charge in [-0.25, -0.2) is 15.0 Å². The maximum absolute atomic E-state index is 15.3. The minimum Gasteiger partial charge on any atom is -0.483 e. The van der Waals surface area contributed by atoms with Crippen LogP contribution in [-0.2, 0) is 49.6 Å². The Balaban J connectivity index is 1.34. The highest BCUT2D eigenvalue weighted by Crippen LogP contribution is 2.39. The number of urea groups is 1. The molecular weight excluding hydrogens is 814 g/mol. The maximum atomic E-state index is 15.3. The number of nitrogens with two attached hydrogens (primary N) is 1. The van der Waals surface area contributed by atoms with E-state index in [0.29, 0.717) is 16.8 Å². The Bertz CT molecular complexity index is 2300. The first-order valence-electron chi connectivity index (χ1n) is 20.7. The van der Waals surface area contributed by atoms with Crippen LogP contribution in [0.3, 0.4) is 0 Å². The number of carbonyl (C=O) groups excluding carboxylic acids is 3. The Morgan fingerprint density at radius 3 is 1.77 bits per heavy atom. The number of ether oxygens (including phenoxy) is 3. The van der Waals surface area contributed by atoms with Crippen LogP contribution >= 0.6 is 7.44 Å². The van der Waals surface area contributed by atoms with E-state index >= 15 is 4.79 Å². The molecule has 0 bridgehead atoms. The van der Waals surface area contributed by atoms with Gasteiger partial charge in [-0.05, 0) is 87.1 Å². The quantitative estimate of drug-likeness (QED) is 0.0468.